The maximum absolute atomic E-state index is 12.1. The summed E-state index contributed by atoms with van der Waals surface area (Å²) < 4.78 is 6.42. The molecule has 0 saturated heterocycles. The number of hydrogen-bond acceptors (Lipinski definition) is 5. The Labute approximate surface area is 218 Å². The first kappa shape index (κ1) is 26.9. The van der Waals surface area contributed by atoms with E-state index in [2.05, 4.69) is 15.3 Å². The van der Waals surface area contributed by atoms with Gasteiger partial charge in [-0.15, -0.1) is 0 Å². The number of carboxylic acid groups (broad SMARTS) is 1. The van der Waals surface area contributed by atoms with Crippen LogP contribution in [-0.4, -0.2) is 51.3 Å². The second-order valence-corrected chi connectivity index (χ2v) is 9.11. The van der Waals surface area contributed by atoms with Crippen molar-refractivity contribution in [3.8, 4) is 0 Å². The summed E-state index contributed by atoms with van der Waals surface area (Å²) in [5, 5.41) is 12.6. The molecule has 4 aromatic rings. The second kappa shape index (κ2) is 12.4. The first-order valence-electron chi connectivity index (χ1n) is 12.8. The molecule has 0 fully saturated rings. The number of nitrogens with zero attached hydrogens (tertiary/aromatic N) is 1. The van der Waals surface area contributed by atoms with E-state index in [-0.39, 0.29) is 23.7 Å². The number of hydrogen-bond donors (Lipinski definition) is 4. The summed E-state index contributed by atoms with van der Waals surface area (Å²) >= 11 is 0. The molecule has 2 aromatic heterocycles. The van der Waals surface area contributed by atoms with E-state index in [0.717, 1.165) is 23.7 Å². The summed E-state index contributed by atoms with van der Waals surface area (Å²) in [5.41, 5.74) is 4.10. The molecule has 200 valence electrons. The molecular formula is C28H32N4O6. The van der Waals surface area contributed by atoms with Crippen LogP contribution in [0.5, 0.6) is 0 Å². The highest BCUT2D eigenvalue weighted by Gasteiger charge is 2.17. The lowest BCUT2D eigenvalue weighted by Crippen LogP contribution is -2.35. The van der Waals surface area contributed by atoms with E-state index < -0.39 is 5.97 Å². The van der Waals surface area contributed by atoms with Gasteiger partial charge in [0.2, 0.25) is 0 Å². The topological polar surface area (TPSA) is 146 Å². The minimum atomic E-state index is -1.04. The summed E-state index contributed by atoms with van der Waals surface area (Å²) in [6.07, 6.45) is 5.12. The Balaban J connectivity index is 0.000000178. The van der Waals surface area contributed by atoms with Gasteiger partial charge < -0.3 is 25.1 Å². The number of carbonyl (C=O) groups is 2. The standard InChI is InChI=1S/C15H16N2O3.C13H16N2O3/c18-14(19)8-16-15(20)9-5-6-13-11(7-9)10-3-1-2-4-12(10)17-13;1-2-18-9-5-8-15-12(16)10-6-3-4-7-11(10)14-13(15)17/h5-7,17H,1-4,8H2,(H,16,20)(H,18,19);3-4,6-7H,2,5,8-9H2,1H3,(H,14,17). The third-order valence-corrected chi connectivity index (χ3v) is 6.52. The molecule has 0 atom stereocenters. The number of H-pyrrole nitrogens is 2. The number of benzene rings is 2. The number of fused-ring (bicyclic) bond motifs is 4. The Morgan fingerprint density at radius 3 is 2.58 bits per heavy atom. The minimum Gasteiger partial charge on any atom is -0.480 e. The number of aromatic amines is 2. The summed E-state index contributed by atoms with van der Waals surface area (Å²) in [7, 11) is 0. The average molecular weight is 521 g/mol. The molecule has 2 aromatic carbocycles. The predicted molar refractivity (Wildman–Crippen MR) is 145 cm³/mol. The highest BCUT2D eigenvalue weighted by atomic mass is 16.5. The number of rotatable bonds is 8. The van der Waals surface area contributed by atoms with Gasteiger partial charge in [0.25, 0.3) is 11.5 Å². The lowest BCUT2D eigenvalue weighted by molar-refractivity contribution is -0.135. The van der Waals surface area contributed by atoms with Crippen LogP contribution in [0.1, 0.15) is 47.8 Å². The van der Waals surface area contributed by atoms with Crippen LogP contribution in [0.4, 0.5) is 0 Å². The monoisotopic (exact) mass is 520 g/mol. The Kier molecular flexibility index (Phi) is 8.75. The van der Waals surface area contributed by atoms with Gasteiger partial charge in [0, 0.05) is 41.9 Å². The lowest BCUT2D eigenvalue weighted by atomic mass is 9.95. The van der Waals surface area contributed by atoms with Gasteiger partial charge in [0.05, 0.1) is 10.9 Å². The van der Waals surface area contributed by atoms with Crippen molar-refractivity contribution in [3.63, 3.8) is 0 Å². The number of para-hydroxylation sites is 1. The maximum atomic E-state index is 12.1. The summed E-state index contributed by atoms with van der Waals surface area (Å²) in [6.45, 7) is 3.12. The Bertz CT molecular complexity index is 1570. The van der Waals surface area contributed by atoms with Gasteiger partial charge in [-0.05, 0) is 74.9 Å². The second-order valence-electron chi connectivity index (χ2n) is 9.11. The first-order valence-corrected chi connectivity index (χ1v) is 12.8. The minimum absolute atomic E-state index is 0.245. The summed E-state index contributed by atoms with van der Waals surface area (Å²) in [6, 6.07) is 12.5. The fourth-order valence-corrected chi connectivity index (χ4v) is 4.68. The fraction of sp³-hybridized carbons (Fsp3) is 0.357. The molecule has 0 spiro atoms. The molecule has 10 nitrogen and oxygen atoms in total. The van der Waals surface area contributed by atoms with Crippen molar-refractivity contribution in [3.05, 3.63) is 80.1 Å². The molecule has 38 heavy (non-hydrogen) atoms. The Hall–Kier alpha value is -4.18. The van der Waals surface area contributed by atoms with E-state index in [1.807, 2.05) is 19.1 Å². The number of carboxylic acids is 1. The number of ether oxygens (including phenoxy) is 1. The number of carbonyl (C=O) groups excluding carboxylic acids is 1. The molecule has 0 unspecified atom stereocenters. The van der Waals surface area contributed by atoms with Gasteiger partial charge in [-0.2, -0.15) is 0 Å². The van der Waals surface area contributed by atoms with Crippen LogP contribution in [0.25, 0.3) is 21.8 Å². The highest BCUT2D eigenvalue weighted by Crippen LogP contribution is 2.29. The Morgan fingerprint density at radius 1 is 1.03 bits per heavy atom. The molecule has 0 saturated carbocycles. The molecule has 1 aliphatic rings. The number of aromatic nitrogens is 3. The number of nitrogens with one attached hydrogen (secondary N) is 3. The highest BCUT2D eigenvalue weighted by molar-refractivity contribution is 6.00. The average Bonchev–Trinajstić information content (AvgIpc) is 3.29. The normalized spacial score (nSPS) is 12.6. The van der Waals surface area contributed by atoms with Gasteiger partial charge >= 0.3 is 11.7 Å². The smallest absolute Gasteiger partial charge is 0.328 e. The van der Waals surface area contributed by atoms with E-state index in [9.17, 15) is 19.2 Å². The van der Waals surface area contributed by atoms with Crippen molar-refractivity contribution < 1.29 is 19.4 Å². The van der Waals surface area contributed by atoms with E-state index >= 15 is 0 Å². The molecule has 1 amide bonds. The van der Waals surface area contributed by atoms with Crippen LogP contribution in [0.15, 0.2) is 52.1 Å². The first-order chi connectivity index (χ1) is 18.4. The third-order valence-electron chi connectivity index (χ3n) is 6.52. The molecular weight excluding hydrogens is 488 g/mol. The SMILES string of the molecule is CCOCCCn1c(=O)[nH]c2ccccc2c1=O.O=C(O)CNC(=O)c1ccc2[nH]c3c(c2c1)CCCC3. The molecule has 0 bridgehead atoms. The lowest BCUT2D eigenvalue weighted by Gasteiger charge is -2.10. The number of amides is 1. The van der Waals surface area contributed by atoms with Crippen LogP contribution >= 0.6 is 0 Å². The van der Waals surface area contributed by atoms with Gasteiger partial charge in [-0.1, -0.05) is 12.1 Å². The van der Waals surface area contributed by atoms with Crippen LogP contribution in [0, 0.1) is 0 Å². The zero-order valence-corrected chi connectivity index (χ0v) is 21.3. The van der Waals surface area contributed by atoms with Gasteiger partial charge in [-0.25, -0.2) is 4.79 Å². The molecule has 0 radical (unpaired) electrons. The number of aliphatic carboxylic acids is 1. The molecule has 5 rings (SSSR count). The molecule has 10 heteroatoms. The fourth-order valence-electron chi connectivity index (χ4n) is 4.68. The molecule has 1 aliphatic carbocycles. The van der Waals surface area contributed by atoms with Crippen molar-refractivity contribution in [2.75, 3.05) is 19.8 Å². The van der Waals surface area contributed by atoms with Crippen LogP contribution < -0.4 is 16.6 Å². The van der Waals surface area contributed by atoms with E-state index in [1.54, 1.807) is 30.3 Å². The molecule has 4 N–H and O–H groups in total. The van der Waals surface area contributed by atoms with Crippen LogP contribution in [0.3, 0.4) is 0 Å². The van der Waals surface area contributed by atoms with E-state index in [1.165, 1.54) is 28.7 Å². The zero-order valence-electron chi connectivity index (χ0n) is 21.3. The van der Waals surface area contributed by atoms with Gasteiger partial charge in [-0.3, -0.25) is 19.0 Å². The quantitative estimate of drug-likeness (QED) is 0.263. The number of aryl methyl sites for hydroxylation is 2. The van der Waals surface area contributed by atoms with Crippen LogP contribution in [0.2, 0.25) is 0 Å². The van der Waals surface area contributed by atoms with Gasteiger partial charge in [0.1, 0.15) is 6.54 Å². The van der Waals surface area contributed by atoms with Gasteiger partial charge in [0.15, 0.2) is 0 Å². The largest absolute Gasteiger partial charge is 0.480 e. The van der Waals surface area contributed by atoms with E-state index in [4.69, 9.17) is 9.84 Å². The van der Waals surface area contributed by atoms with Crippen molar-refractivity contribution in [1.29, 1.82) is 0 Å². The Morgan fingerprint density at radius 2 is 1.79 bits per heavy atom. The maximum Gasteiger partial charge on any atom is 0.328 e. The zero-order chi connectivity index (χ0) is 27.1. The summed E-state index contributed by atoms with van der Waals surface area (Å²) in [5.74, 6) is -1.39. The van der Waals surface area contributed by atoms with Crippen molar-refractivity contribution in [2.24, 2.45) is 0 Å². The van der Waals surface area contributed by atoms with Crippen molar-refractivity contribution >= 4 is 33.7 Å². The molecule has 0 aliphatic heterocycles. The van der Waals surface area contributed by atoms with E-state index in [0.29, 0.717) is 42.6 Å². The van der Waals surface area contributed by atoms with Crippen LogP contribution in [-0.2, 0) is 28.9 Å². The molecule has 2 heterocycles. The summed E-state index contributed by atoms with van der Waals surface area (Å²) in [4.78, 5) is 52.4. The third kappa shape index (κ3) is 6.20. The van der Waals surface area contributed by atoms with Crippen molar-refractivity contribution in [2.45, 2.75) is 45.6 Å². The predicted octanol–water partition coefficient (Wildman–Crippen LogP) is 2.98. The van der Waals surface area contributed by atoms with Crippen molar-refractivity contribution in [1.82, 2.24) is 19.9 Å².